The Morgan fingerprint density at radius 3 is 2.95 bits per heavy atom. The Bertz CT molecular complexity index is 530. The molecule has 1 amide bonds. The summed E-state index contributed by atoms with van der Waals surface area (Å²) in [5.41, 5.74) is 0.770. The molecule has 7 heteroatoms. The Kier molecular flexibility index (Phi) is 3.55. The highest BCUT2D eigenvalue weighted by molar-refractivity contribution is 5.96. The van der Waals surface area contributed by atoms with E-state index in [1.807, 2.05) is 13.8 Å². The third-order valence-electron chi connectivity index (χ3n) is 2.94. The second-order valence-corrected chi connectivity index (χ2v) is 4.41. The molecule has 2 N–H and O–H groups in total. The largest absolute Gasteiger partial charge is 0.481 e. The summed E-state index contributed by atoms with van der Waals surface area (Å²) in [7, 11) is 0. The van der Waals surface area contributed by atoms with Gasteiger partial charge in [0, 0.05) is 6.04 Å². The first kappa shape index (κ1) is 13.1. The Morgan fingerprint density at radius 1 is 1.58 bits per heavy atom. The first-order valence-electron chi connectivity index (χ1n) is 6.03. The molecule has 102 valence electrons. The molecule has 0 radical (unpaired) electrons. The number of fused-ring (bicyclic) bond motifs is 1. The molecule has 0 spiro atoms. The highest BCUT2D eigenvalue weighted by atomic mass is 16.6. The molecule has 0 bridgehead atoms. The molecule has 0 aromatic heterocycles. The smallest absolute Gasteiger partial charge is 0.296 e. The maximum absolute atomic E-state index is 11.2. The van der Waals surface area contributed by atoms with Gasteiger partial charge in [0.2, 0.25) is 0 Å². The van der Waals surface area contributed by atoms with Crippen molar-refractivity contribution in [2.45, 2.75) is 26.3 Å². The lowest BCUT2D eigenvalue weighted by molar-refractivity contribution is -0.384. The number of anilines is 2. The van der Waals surface area contributed by atoms with E-state index in [4.69, 9.17) is 4.74 Å². The minimum absolute atomic E-state index is 0.0600. The van der Waals surface area contributed by atoms with Gasteiger partial charge in [-0.1, -0.05) is 6.92 Å². The van der Waals surface area contributed by atoms with Gasteiger partial charge in [-0.2, -0.15) is 0 Å². The van der Waals surface area contributed by atoms with E-state index in [0.717, 1.165) is 6.42 Å². The second kappa shape index (κ2) is 5.13. The SMILES string of the molecule is CCC(C)Nc1cc2c(cc1[N+](=O)[O-])OCC(=O)N2. The molecular weight excluding hydrogens is 250 g/mol. The van der Waals surface area contributed by atoms with Crippen molar-refractivity contribution in [1.29, 1.82) is 0 Å². The lowest BCUT2D eigenvalue weighted by Crippen LogP contribution is -2.25. The topological polar surface area (TPSA) is 93.5 Å². The molecule has 2 rings (SSSR count). The molecular formula is C12H15N3O4. The van der Waals surface area contributed by atoms with Crippen LogP contribution in [0.25, 0.3) is 0 Å². The maximum atomic E-state index is 11.2. The first-order chi connectivity index (χ1) is 9.01. The molecule has 1 aromatic carbocycles. The van der Waals surface area contributed by atoms with Gasteiger partial charge in [0.05, 0.1) is 16.7 Å². The van der Waals surface area contributed by atoms with E-state index < -0.39 is 4.92 Å². The summed E-state index contributed by atoms with van der Waals surface area (Å²) in [5.74, 6) is 0.0526. The Morgan fingerprint density at radius 2 is 2.32 bits per heavy atom. The summed E-state index contributed by atoms with van der Waals surface area (Å²) in [5, 5.41) is 16.8. The highest BCUT2D eigenvalue weighted by Crippen LogP contribution is 2.38. The molecule has 1 aliphatic rings. The number of rotatable bonds is 4. The molecule has 1 aromatic rings. The average Bonchev–Trinajstić information content (AvgIpc) is 2.37. The van der Waals surface area contributed by atoms with Crippen LogP contribution in [0, 0.1) is 10.1 Å². The van der Waals surface area contributed by atoms with E-state index in [1.54, 1.807) is 0 Å². The van der Waals surface area contributed by atoms with Gasteiger partial charge in [-0.3, -0.25) is 14.9 Å². The number of hydrogen-bond acceptors (Lipinski definition) is 5. The third kappa shape index (κ3) is 2.75. The van der Waals surface area contributed by atoms with Crippen LogP contribution in [0.1, 0.15) is 20.3 Å². The van der Waals surface area contributed by atoms with E-state index in [-0.39, 0.29) is 24.2 Å². The fourth-order valence-electron chi connectivity index (χ4n) is 1.75. The van der Waals surface area contributed by atoms with Crippen LogP contribution in [-0.2, 0) is 4.79 Å². The molecule has 19 heavy (non-hydrogen) atoms. The van der Waals surface area contributed by atoms with Gasteiger partial charge in [0.15, 0.2) is 12.4 Å². The number of nitro benzene ring substituents is 1. The fourth-order valence-corrected chi connectivity index (χ4v) is 1.75. The van der Waals surface area contributed by atoms with Crippen LogP contribution in [0.15, 0.2) is 12.1 Å². The van der Waals surface area contributed by atoms with Crippen molar-refractivity contribution in [3.05, 3.63) is 22.2 Å². The lowest BCUT2D eigenvalue weighted by Gasteiger charge is -2.20. The number of nitrogens with one attached hydrogen (secondary N) is 2. The molecule has 0 fully saturated rings. The van der Waals surface area contributed by atoms with Crippen molar-refractivity contribution in [1.82, 2.24) is 0 Å². The van der Waals surface area contributed by atoms with E-state index in [2.05, 4.69) is 10.6 Å². The standard InChI is InChI=1S/C12H15N3O4/c1-3-7(2)13-8-4-9-11(5-10(8)15(17)18)19-6-12(16)14-9/h4-5,7,13H,3,6H2,1-2H3,(H,14,16). The van der Waals surface area contributed by atoms with Crippen molar-refractivity contribution in [2.24, 2.45) is 0 Å². The fraction of sp³-hybridized carbons (Fsp3) is 0.417. The number of nitrogens with zero attached hydrogens (tertiary/aromatic N) is 1. The number of hydrogen-bond donors (Lipinski definition) is 2. The van der Waals surface area contributed by atoms with Crippen LogP contribution < -0.4 is 15.4 Å². The number of nitro groups is 1. The van der Waals surface area contributed by atoms with Crippen molar-refractivity contribution in [3.63, 3.8) is 0 Å². The molecule has 1 heterocycles. The monoisotopic (exact) mass is 265 g/mol. The first-order valence-corrected chi connectivity index (χ1v) is 6.03. The summed E-state index contributed by atoms with van der Waals surface area (Å²) in [6, 6.07) is 2.97. The zero-order valence-electron chi connectivity index (χ0n) is 10.7. The van der Waals surface area contributed by atoms with Crippen LogP contribution in [-0.4, -0.2) is 23.5 Å². The second-order valence-electron chi connectivity index (χ2n) is 4.41. The molecule has 1 aliphatic heterocycles. The summed E-state index contributed by atoms with van der Waals surface area (Å²) >= 11 is 0. The Labute approximate surface area is 110 Å². The number of benzene rings is 1. The minimum Gasteiger partial charge on any atom is -0.481 e. The summed E-state index contributed by atoms with van der Waals surface area (Å²) in [6.45, 7) is 3.79. The van der Waals surface area contributed by atoms with Crippen molar-refractivity contribution >= 4 is 23.0 Å². The third-order valence-corrected chi connectivity index (χ3v) is 2.94. The van der Waals surface area contributed by atoms with Crippen LogP contribution in [0.5, 0.6) is 5.75 Å². The number of amides is 1. The number of carbonyl (C=O) groups excluding carboxylic acids is 1. The average molecular weight is 265 g/mol. The molecule has 0 saturated carbocycles. The summed E-state index contributed by atoms with van der Waals surface area (Å²) in [6.07, 6.45) is 0.830. The summed E-state index contributed by atoms with van der Waals surface area (Å²) < 4.78 is 5.17. The maximum Gasteiger partial charge on any atom is 0.296 e. The van der Waals surface area contributed by atoms with Crippen LogP contribution in [0.2, 0.25) is 0 Å². The predicted molar refractivity (Wildman–Crippen MR) is 70.6 cm³/mol. The van der Waals surface area contributed by atoms with E-state index in [1.165, 1.54) is 12.1 Å². The zero-order chi connectivity index (χ0) is 14.0. The molecule has 0 saturated heterocycles. The van der Waals surface area contributed by atoms with Gasteiger partial charge < -0.3 is 15.4 Å². The molecule has 0 aliphatic carbocycles. The molecule has 1 unspecified atom stereocenters. The van der Waals surface area contributed by atoms with E-state index in [9.17, 15) is 14.9 Å². The van der Waals surface area contributed by atoms with E-state index in [0.29, 0.717) is 17.1 Å². The Balaban J connectivity index is 2.42. The van der Waals surface area contributed by atoms with Crippen molar-refractivity contribution in [2.75, 3.05) is 17.2 Å². The number of carbonyl (C=O) groups is 1. The van der Waals surface area contributed by atoms with Gasteiger partial charge >= 0.3 is 0 Å². The minimum atomic E-state index is -0.467. The van der Waals surface area contributed by atoms with Crippen molar-refractivity contribution < 1.29 is 14.5 Å². The molecule has 7 nitrogen and oxygen atoms in total. The van der Waals surface area contributed by atoms with Crippen LogP contribution >= 0.6 is 0 Å². The lowest BCUT2D eigenvalue weighted by atomic mass is 10.1. The van der Waals surface area contributed by atoms with Gasteiger partial charge in [-0.15, -0.1) is 0 Å². The van der Waals surface area contributed by atoms with Gasteiger partial charge in [0.1, 0.15) is 5.69 Å². The van der Waals surface area contributed by atoms with Gasteiger partial charge in [-0.05, 0) is 19.4 Å². The van der Waals surface area contributed by atoms with E-state index >= 15 is 0 Å². The molecule has 1 atom stereocenters. The Hall–Kier alpha value is -2.31. The highest BCUT2D eigenvalue weighted by Gasteiger charge is 2.24. The zero-order valence-corrected chi connectivity index (χ0v) is 10.7. The van der Waals surface area contributed by atoms with Gasteiger partial charge in [-0.25, -0.2) is 0 Å². The summed E-state index contributed by atoms with van der Waals surface area (Å²) in [4.78, 5) is 21.8. The van der Waals surface area contributed by atoms with Crippen molar-refractivity contribution in [3.8, 4) is 5.75 Å². The predicted octanol–water partition coefficient (Wildman–Crippen LogP) is 2.14. The normalized spacial score (nSPS) is 14.9. The van der Waals surface area contributed by atoms with Gasteiger partial charge in [0.25, 0.3) is 11.6 Å². The van der Waals surface area contributed by atoms with Crippen LogP contribution in [0.3, 0.4) is 0 Å². The quantitative estimate of drug-likeness (QED) is 0.642. The van der Waals surface area contributed by atoms with Crippen LogP contribution in [0.4, 0.5) is 17.1 Å². The number of ether oxygens (including phenoxy) is 1.